The number of aromatic nitrogens is 2. The summed E-state index contributed by atoms with van der Waals surface area (Å²) in [6.45, 7) is 5.86. The molecule has 1 aliphatic heterocycles. The summed E-state index contributed by atoms with van der Waals surface area (Å²) in [7, 11) is 1.61. The van der Waals surface area contributed by atoms with Crippen LogP contribution in [0.4, 0.5) is 0 Å². The predicted molar refractivity (Wildman–Crippen MR) is 78.8 cm³/mol. The number of carbonyl (C=O) groups is 1. The van der Waals surface area contributed by atoms with E-state index in [2.05, 4.69) is 21.0 Å². The van der Waals surface area contributed by atoms with E-state index in [4.69, 9.17) is 9.47 Å². The Morgan fingerprint density at radius 1 is 1.50 bits per heavy atom. The SMILES string of the molecule is CCn1nc(C)c(Br)c1CC(=O)C1(OC)CCOCC1. The second kappa shape index (κ2) is 6.37. The lowest BCUT2D eigenvalue weighted by molar-refractivity contribution is -0.152. The highest BCUT2D eigenvalue weighted by molar-refractivity contribution is 9.10. The maximum atomic E-state index is 12.7. The average Bonchev–Trinajstić information content (AvgIpc) is 2.75. The first-order valence-corrected chi connectivity index (χ1v) is 7.71. The van der Waals surface area contributed by atoms with Crippen molar-refractivity contribution in [2.45, 2.75) is 45.3 Å². The smallest absolute Gasteiger partial charge is 0.170 e. The number of ether oxygens (including phenoxy) is 2. The molecule has 0 radical (unpaired) electrons. The Hall–Kier alpha value is -0.720. The summed E-state index contributed by atoms with van der Waals surface area (Å²) < 4.78 is 13.7. The highest BCUT2D eigenvalue weighted by Crippen LogP contribution is 2.29. The topological polar surface area (TPSA) is 53.4 Å². The minimum absolute atomic E-state index is 0.110. The first kappa shape index (κ1) is 15.7. The van der Waals surface area contributed by atoms with Crippen molar-refractivity contribution in [3.05, 3.63) is 15.9 Å². The summed E-state index contributed by atoms with van der Waals surface area (Å²) in [6.07, 6.45) is 1.58. The number of methoxy groups -OCH3 is 1. The Morgan fingerprint density at radius 3 is 2.70 bits per heavy atom. The van der Waals surface area contributed by atoms with Crippen LogP contribution >= 0.6 is 15.9 Å². The van der Waals surface area contributed by atoms with Crippen molar-refractivity contribution < 1.29 is 14.3 Å². The van der Waals surface area contributed by atoms with Crippen molar-refractivity contribution in [3.8, 4) is 0 Å². The number of nitrogens with zero attached hydrogens (tertiary/aromatic N) is 2. The van der Waals surface area contributed by atoms with Crippen molar-refractivity contribution in [1.82, 2.24) is 9.78 Å². The molecular weight excluding hydrogens is 324 g/mol. The molecule has 0 amide bonds. The lowest BCUT2D eigenvalue weighted by Crippen LogP contribution is -2.46. The molecule has 0 aromatic carbocycles. The van der Waals surface area contributed by atoms with Gasteiger partial charge in [-0.15, -0.1) is 0 Å². The van der Waals surface area contributed by atoms with E-state index in [0.29, 0.717) is 32.5 Å². The van der Waals surface area contributed by atoms with Gasteiger partial charge in [0.15, 0.2) is 5.78 Å². The van der Waals surface area contributed by atoms with Crippen molar-refractivity contribution in [2.24, 2.45) is 0 Å². The fourth-order valence-electron chi connectivity index (χ4n) is 2.65. The quantitative estimate of drug-likeness (QED) is 0.822. The number of carbonyl (C=O) groups excluding carboxylic acids is 1. The summed E-state index contributed by atoms with van der Waals surface area (Å²) in [4.78, 5) is 12.7. The molecule has 0 unspecified atom stereocenters. The van der Waals surface area contributed by atoms with Gasteiger partial charge in [0, 0.05) is 39.7 Å². The normalized spacial score (nSPS) is 18.2. The van der Waals surface area contributed by atoms with Gasteiger partial charge in [-0.1, -0.05) is 0 Å². The van der Waals surface area contributed by atoms with Gasteiger partial charge in [-0.3, -0.25) is 9.48 Å². The molecule has 1 aliphatic rings. The molecule has 1 aromatic rings. The zero-order chi connectivity index (χ0) is 14.8. The molecular formula is C14H21BrN2O3. The molecule has 2 heterocycles. The number of ketones is 1. The number of aryl methyl sites for hydroxylation is 2. The summed E-state index contributed by atoms with van der Waals surface area (Å²) in [6, 6.07) is 0. The van der Waals surface area contributed by atoms with Gasteiger partial charge < -0.3 is 9.47 Å². The van der Waals surface area contributed by atoms with Crippen LogP contribution in [-0.2, 0) is 27.2 Å². The predicted octanol–water partition coefficient (Wildman–Crippen LogP) is 2.28. The van der Waals surface area contributed by atoms with Gasteiger partial charge in [-0.2, -0.15) is 5.10 Å². The van der Waals surface area contributed by atoms with Gasteiger partial charge in [0.25, 0.3) is 0 Å². The molecule has 6 heteroatoms. The monoisotopic (exact) mass is 344 g/mol. The average molecular weight is 345 g/mol. The van der Waals surface area contributed by atoms with E-state index >= 15 is 0 Å². The lowest BCUT2D eigenvalue weighted by atomic mass is 9.87. The van der Waals surface area contributed by atoms with Crippen LogP contribution in [0.3, 0.4) is 0 Å². The summed E-state index contributed by atoms with van der Waals surface area (Å²) in [5.41, 5.74) is 1.14. The molecule has 20 heavy (non-hydrogen) atoms. The Bertz CT molecular complexity index is 493. The third-order valence-electron chi connectivity index (χ3n) is 3.98. The molecule has 1 aromatic heterocycles. The zero-order valence-corrected chi connectivity index (χ0v) is 13.8. The highest BCUT2D eigenvalue weighted by Gasteiger charge is 2.40. The van der Waals surface area contributed by atoms with E-state index < -0.39 is 5.60 Å². The highest BCUT2D eigenvalue weighted by atomic mass is 79.9. The van der Waals surface area contributed by atoms with Crippen molar-refractivity contribution in [2.75, 3.05) is 20.3 Å². The Morgan fingerprint density at radius 2 is 2.15 bits per heavy atom. The van der Waals surface area contributed by atoms with Crippen LogP contribution in [0.1, 0.15) is 31.2 Å². The van der Waals surface area contributed by atoms with Gasteiger partial charge in [0.2, 0.25) is 0 Å². The van der Waals surface area contributed by atoms with E-state index in [1.807, 2.05) is 18.5 Å². The molecule has 0 spiro atoms. The molecule has 2 rings (SSSR count). The molecule has 112 valence electrons. The summed E-state index contributed by atoms with van der Waals surface area (Å²) >= 11 is 3.53. The fraction of sp³-hybridized carbons (Fsp3) is 0.714. The summed E-state index contributed by atoms with van der Waals surface area (Å²) in [5.74, 6) is 0.110. The summed E-state index contributed by atoms with van der Waals surface area (Å²) in [5, 5.41) is 4.43. The molecule has 0 N–H and O–H groups in total. The fourth-order valence-corrected chi connectivity index (χ4v) is 3.07. The van der Waals surface area contributed by atoms with Crippen LogP contribution < -0.4 is 0 Å². The number of rotatable bonds is 5. The third-order valence-corrected chi connectivity index (χ3v) is 5.01. The molecule has 0 aliphatic carbocycles. The van der Waals surface area contributed by atoms with Gasteiger partial charge in [0.1, 0.15) is 5.60 Å². The van der Waals surface area contributed by atoms with Gasteiger partial charge >= 0.3 is 0 Å². The van der Waals surface area contributed by atoms with E-state index in [-0.39, 0.29) is 5.78 Å². The number of halogens is 1. The molecule has 1 saturated heterocycles. The molecule has 1 fully saturated rings. The number of hydrogen-bond donors (Lipinski definition) is 0. The van der Waals surface area contributed by atoms with Crippen LogP contribution in [0.2, 0.25) is 0 Å². The van der Waals surface area contributed by atoms with Crippen LogP contribution in [0, 0.1) is 6.92 Å². The van der Waals surface area contributed by atoms with Gasteiger partial charge in [0.05, 0.1) is 22.3 Å². The van der Waals surface area contributed by atoms with E-state index in [1.165, 1.54) is 0 Å². The second-order valence-corrected chi connectivity index (χ2v) is 5.87. The van der Waals surface area contributed by atoms with Gasteiger partial charge in [-0.25, -0.2) is 0 Å². The largest absolute Gasteiger partial charge is 0.381 e. The van der Waals surface area contributed by atoms with Crippen LogP contribution in [0.5, 0.6) is 0 Å². The van der Waals surface area contributed by atoms with E-state index in [0.717, 1.165) is 22.4 Å². The second-order valence-electron chi connectivity index (χ2n) is 5.07. The van der Waals surface area contributed by atoms with Gasteiger partial charge in [-0.05, 0) is 29.8 Å². The molecule has 0 bridgehead atoms. The Labute approximate surface area is 127 Å². The van der Waals surface area contributed by atoms with Crippen molar-refractivity contribution in [1.29, 1.82) is 0 Å². The number of hydrogen-bond acceptors (Lipinski definition) is 4. The standard InChI is InChI=1S/C14H21BrN2O3/c1-4-17-11(13(15)10(2)16-17)9-12(18)14(19-3)5-7-20-8-6-14/h4-9H2,1-3H3. The Balaban J connectivity index is 2.22. The maximum absolute atomic E-state index is 12.7. The molecule has 0 atom stereocenters. The minimum atomic E-state index is -0.700. The van der Waals surface area contributed by atoms with Crippen LogP contribution in [-0.4, -0.2) is 41.5 Å². The van der Waals surface area contributed by atoms with Crippen LogP contribution in [0.25, 0.3) is 0 Å². The number of Topliss-reactive ketones (excluding diaryl/α,β-unsaturated/α-hetero) is 1. The third kappa shape index (κ3) is 2.82. The zero-order valence-electron chi connectivity index (χ0n) is 12.2. The lowest BCUT2D eigenvalue weighted by Gasteiger charge is -2.34. The molecule has 5 nitrogen and oxygen atoms in total. The van der Waals surface area contributed by atoms with Crippen molar-refractivity contribution in [3.63, 3.8) is 0 Å². The first-order valence-electron chi connectivity index (χ1n) is 6.92. The first-order chi connectivity index (χ1) is 9.54. The minimum Gasteiger partial charge on any atom is -0.381 e. The van der Waals surface area contributed by atoms with Crippen LogP contribution in [0.15, 0.2) is 4.47 Å². The van der Waals surface area contributed by atoms with E-state index in [1.54, 1.807) is 7.11 Å². The Kier molecular flexibility index (Phi) is 4.99. The van der Waals surface area contributed by atoms with Crippen molar-refractivity contribution >= 4 is 21.7 Å². The van der Waals surface area contributed by atoms with E-state index in [9.17, 15) is 4.79 Å². The maximum Gasteiger partial charge on any atom is 0.170 e. The molecule has 0 saturated carbocycles.